The first-order valence-electron chi connectivity index (χ1n) is 14.0. The number of unbranched alkanes of at least 4 members (excludes halogenated alkanes) is 3. The molecule has 2 heterocycles. The normalized spacial score (nSPS) is 16.6. The van der Waals surface area contributed by atoms with Crippen LogP contribution in [-0.4, -0.2) is 68.8 Å². The van der Waals surface area contributed by atoms with Gasteiger partial charge in [0, 0.05) is 0 Å². The van der Waals surface area contributed by atoms with Gasteiger partial charge in [0.2, 0.25) is 0 Å². The topological polar surface area (TPSA) is 170 Å². The second-order valence-electron chi connectivity index (χ2n) is 10.7. The molecule has 2 atom stereocenters. The van der Waals surface area contributed by atoms with Crippen LogP contribution in [0.5, 0.6) is 0 Å². The number of ether oxygens (including phenoxy) is 3. The standard InChI is InChI=1S/C26H43N6O7P/c1-5-6-7-10-13-36-25(34)26(3,4)31-40(35,38-15-21(33)39-20-11-8-9-12-20)18-37-19(2)14-32-17-30-22-23(27)28-16-29-24(22)32/h16-17,19-20H,5-15,18H2,1-4H3,(H,31,35)(H2,27,28,29)/t19-,40+/m1/s1. The first-order chi connectivity index (χ1) is 19.0. The number of rotatable bonds is 17. The molecule has 1 aliphatic carbocycles. The zero-order valence-corrected chi connectivity index (χ0v) is 24.9. The third-order valence-corrected chi connectivity index (χ3v) is 8.53. The van der Waals surface area contributed by atoms with E-state index in [4.69, 9.17) is 24.5 Å². The summed E-state index contributed by atoms with van der Waals surface area (Å²) in [4.78, 5) is 37.6. The number of aromatic nitrogens is 4. The van der Waals surface area contributed by atoms with Crippen LogP contribution in [0.2, 0.25) is 0 Å². The molecule has 1 saturated carbocycles. The fourth-order valence-corrected chi connectivity index (χ4v) is 6.33. The SMILES string of the molecule is CCCCCCOC(=O)C(C)(C)N[P@](=O)(CO[C@H](C)Cn1cnc2c(N)ncnc21)OCC(=O)OC1CCCC1. The molecular formula is C26H43N6O7P. The van der Waals surface area contributed by atoms with Crippen molar-refractivity contribution in [1.82, 2.24) is 24.6 Å². The monoisotopic (exact) mass is 582 g/mol. The Labute approximate surface area is 235 Å². The largest absolute Gasteiger partial charge is 0.464 e. The van der Waals surface area contributed by atoms with Crippen molar-refractivity contribution >= 4 is 36.4 Å². The van der Waals surface area contributed by atoms with E-state index in [0.717, 1.165) is 51.4 Å². The van der Waals surface area contributed by atoms with Crippen molar-refractivity contribution in [2.24, 2.45) is 0 Å². The van der Waals surface area contributed by atoms with Crippen molar-refractivity contribution in [3.8, 4) is 0 Å². The fraction of sp³-hybridized carbons (Fsp3) is 0.731. The summed E-state index contributed by atoms with van der Waals surface area (Å²) < 4.78 is 38.0. The van der Waals surface area contributed by atoms with Crippen molar-refractivity contribution in [2.75, 3.05) is 25.3 Å². The highest BCUT2D eigenvalue weighted by Crippen LogP contribution is 2.45. The first kappa shape index (κ1) is 31.9. The van der Waals surface area contributed by atoms with Crippen LogP contribution in [0.4, 0.5) is 5.82 Å². The lowest BCUT2D eigenvalue weighted by Crippen LogP contribution is -2.47. The summed E-state index contributed by atoms with van der Waals surface area (Å²) in [6, 6.07) is 0. The van der Waals surface area contributed by atoms with E-state index >= 15 is 0 Å². The van der Waals surface area contributed by atoms with Gasteiger partial charge in [-0.2, -0.15) is 0 Å². The molecule has 2 aromatic heterocycles. The van der Waals surface area contributed by atoms with E-state index < -0.39 is 44.1 Å². The Morgan fingerprint density at radius 3 is 2.67 bits per heavy atom. The zero-order valence-electron chi connectivity index (χ0n) is 24.0. The van der Waals surface area contributed by atoms with Gasteiger partial charge in [0.1, 0.15) is 29.8 Å². The van der Waals surface area contributed by atoms with Crippen LogP contribution in [0, 0.1) is 0 Å². The molecule has 2 aromatic rings. The molecule has 0 spiro atoms. The number of hydrogen-bond donors (Lipinski definition) is 2. The van der Waals surface area contributed by atoms with Crippen LogP contribution in [-0.2, 0) is 39.4 Å². The van der Waals surface area contributed by atoms with Crippen molar-refractivity contribution in [3.05, 3.63) is 12.7 Å². The number of nitrogens with two attached hydrogens (primary N) is 1. The van der Waals surface area contributed by atoms with Gasteiger partial charge in [0.15, 0.2) is 18.1 Å². The van der Waals surface area contributed by atoms with Gasteiger partial charge in [-0.15, -0.1) is 0 Å². The van der Waals surface area contributed by atoms with E-state index in [-0.39, 0.29) is 18.5 Å². The van der Waals surface area contributed by atoms with Gasteiger partial charge in [0.05, 0.1) is 25.6 Å². The maximum atomic E-state index is 13.9. The summed E-state index contributed by atoms with van der Waals surface area (Å²) in [6.07, 6.45) is 9.36. The molecule has 3 N–H and O–H groups in total. The number of nitrogens with zero attached hydrogens (tertiary/aromatic N) is 4. The van der Waals surface area contributed by atoms with E-state index in [0.29, 0.717) is 17.7 Å². The summed E-state index contributed by atoms with van der Waals surface area (Å²) >= 11 is 0. The molecular weight excluding hydrogens is 539 g/mol. The predicted octanol–water partition coefficient (Wildman–Crippen LogP) is 3.96. The average molecular weight is 583 g/mol. The van der Waals surface area contributed by atoms with Crippen LogP contribution >= 0.6 is 7.52 Å². The molecule has 1 fully saturated rings. The van der Waals surface area contributed by atoms with E-state index in [1.165, 1.54) is 6.33 Å². The minimum absolute atomic E-state index is 0.151. The van der Waals surface area contributed by atoms with E-state index in [1.807, 2.05) is 0 Å². The number of esters is 2. The summed E-state index contributed by atoms with van der Waals surface area (Å²) in [5, 5.41) is 2.79. The smallest absolute Gasteiger partial charge is 0.332 e. The Bertz CT molecular complexity index is 1170. The third-order valence-electron chi connectivity index (χ3n) is 6.59. The second kappa shape index (κ2) is 14.9. The Morgan fingerprint density at radius 2 is 1.95 bits per heavy atom. The zero-order chi connectivity index (χ0) is 29.2. The van der Waals surface area contributed by atoms with E-state index in [2.05, 4.69) is 27.0 Å². The number of imidazole rings is 1. The molecule has 0 unspecified atom stereocenters. The maximum absolute atomic E-state index is 13.9. The Morgan fingerprint density at radius 1 is 1.20 bits per heavy atom. The van der Waals surface area contributed by atoms with Crippen LogP contribution in [0.1, 0.15) is 79.1 Å². The molecule has 0 amide bonds. The molecule has 40 heavy (non-hydrogen) atoms. The second-order valence-corrected chi connectivity index (χ2v) is 12.8. The molecule has 0 radical (unpaired) electrons. The van der Waals surface area contributed by atoms with Gasteiger partial charge in [-0.05, 0) is 52.9 Å². The lowest BCUT2D eigenvalue weighted by atomic mass is 10.1. The molecule has 13 nitrogen and oxygen atoms in total. The van der Waals surface area contributed by atoms with Gasteiger partial charge in [-0.25, -0.2) is 24.8 Å². The average Bonchev–Trinajstić information content (AvgIpc) is 3.57. The van der Waals surface area contributed by atoms with E-state index in [1.54, 1.807) is 31.7 Å². The molecule has 14 heteroatoms. The highest BCUT2D eigenvalue weighted by Gasteiger charge is 2.39. The Hall–Kier alpha value is -2.60. The first-order valence-corrected chi connectivity index (χ1v) is 15.8. The molecule has 0 aliphatic heterocycles. The molecule has 224 valence electrons. The van der Waals surface area contributed by atoms with Crippen LogP contribution < -0.4 is 10.8 Å². The number of nitrogen functional groups attached to an aromatic ring is 1. The van der Waals surface area contributed by atoms with Gasteiger partial charge >= 0.3 is 11.9 Å². The summed E-state index contributed by atoms with van der Waals surface area (Å²) in [7, 11) is -3.89. The fourth-order valence-electron chi connectivity index (χ4n) is 4.42. The van der Waals surface area contributed by atoms with Gasteiger partial charge < -0.3 is 29.0 Å². The summed E-state index contributed by atoms with van der Waals surface area (Å²) in [5.74, 6) is -0.916. The molecule has 0 saturated heterocycles. The molecule has 0 bridgehead atoms. The highest BCUT2D eigenvalue weighted by atomic mass is 31.2. The summed E-state index contributed by atoms with van der Waals surface area (Å²) in [6.45, 7) is 7.04. The van der Waals surface area contributed by atoms with Crippen LogP contribution in [0.25, 0.3) is 11.2 Å². The number of nitrogens with one attached hydrogen (secondary N) is 1. The van der Waals surface area contributed by atoms with E-state index in [9.17, 15) is 14.2 Å². The number of fused-ring (bicyclic) bond motifs is 1. The minimum atomic E-state index is -3.89. The van der Waals surface area contributed by atoms with Crippen molar-refractivity contribution in [3.63, 3.8) is 0 Å². The van der Waals surface area contributed by atoms with Crippen LogP contribution in [0.15, 0.2) is 12.7 Å². The third kappa shape index (κ3) is 9.50. The molecule has 1 aliphatic rings. The van der Waals surface area contributed by atoms with Crippen molar-refractivity contribution in [2.45, 2.75) is 103 Å². The number of carbonyl (C=O) groups is 2. The predicted molar refractivity (Wildman–Crippen MR) is 149 cm³/mol. The maximum Gasteiger partial charge on any atom is 0.332 e. The van der Waals surface area contributed by atoms with Gasteiger partial charge in [-0.3, -0.25) is 9.36 Å². The minimum Gasteiger partial charge on any atom is -0.464 e. The van der Waals surface area contributed by atoms with Gasteiger partial charge in [-0.1, -0.05) is 26.2 Å². The number of carbonyl (C=O) groups excluding carboxylic acids is 2. The van der Waals surface area contributed by atoms with Crippen molar-refractivity contribution in [1.29, 1.82) is 0 Å². The molecule has 0 aromatic carbocycles. The molecule has 3 rings (SSSR count). The lowest BCUT2D eigenvalue weighted by Gasteiger charge is -2.30. The Kier molecular flexibility index (Phi) is 11.9. The van der Waals surface area contributed by atoms with Crippen LogP contribution in [0.3, 0.4) is 0 Å². The highest BCUT2D eigenvalue weighted by molar-refractivity contribution is 7.56. The number of anilines is 1. The van der Waals surface area contributed by atoms with Gasteiger partial charge in [0.25, 0.3) is 7.52 Å². The quantitative estimate of drug-likeness (QED) is 0.157. The summed E-state index contributed by atoms with van der Waals surface area (Å²) in [5.41, 5.74) is 5.51. The van der Waals surface area contributed by atoms with Crippen molar-refractivity contribution < 1.29 is 32.9 Å². The number of hydrogen-bond acceptors (Lipinski definition) is 11. The Balaban J connectivity index is 1.63. The lowest BCUT2D eigenvalue weighted by molar-refractivity contribution is -0.151.